The summed E-state index contributed by atoms with van der Waals surface area (Å²) in [5.74, 6) is 0. The fraction of sp³-hybridized carbons (Fsp3) is 0.800. The van der Waals surface area contributed by atoms with Gasteiger partial charge in [0.25, 0.3) is 0 Å². The Morgan fingerprint density at radius 1 is 1.29 bits per heavy atom. The molecule has 0 spiro atoms. The summed E-state index contributed by atoms with van der Waals surface area (Å²) in [6, 6.07) is 0. The third kappa shape index (κ3) is 5.16. The highest BCUT2D eigenvalue weighted by Gasteiger charge is 2.36. The average molecular weight is 265 g/mol. The van der Waals surface area contributed by atoms with Gasteiger partial charge in [0.2, 0.25) is 0 Å². The number of rotatable bonds is 4. The van der Waals surface area contributed by atoms with Crippen molar-refractivity contribution in [3.8, 4) is 0 Å². The van der Waals surface area contributed by atoms with Gasteiger partial charge in [-0.1, -0.05) is 0 Å². The molecule has 17 heavy (non-hydrogen) atoms. The smallest absolute Gasteiger partial charge is 0.407 e. The molecule has 1 unspecified atom stereocenters. The molecule has 0 saturated carbocycles. The maximum absolute atomic E-state index is 11.4. The van der Waals surface area contributed by atoms with E-state index in [1.807, 2.05) is 0 Å². The number of nitrogens with one attached hydrogen (secondary N) is 1. The van der Waals surface area contributed by atoms with Gasteiger partial charge < -0.3 is 14.8 Å². The van der Waals surface area contributed by atoms with Gasteiger partial charge in [0.05, 0.1) is 0 Å². The minimum absolute atomic E-state index is 0.305. The number of sulfone groups is 1. The van der Waals surface area contributed by atoms with Gasteiger partial charge in [0.15, 0.2) is 9.84 Å². The molecule has 0 fully saturated rings. The van der Waals surface area contributed by atoms with Crippen LogP contribution in [0.2, 0.25) is 0 Å². The normalized spacial score (nSPS) is 15.8. The largest absolute Gasteiger partial charge is 0.444 e. The molecule has 7 heteroatoms. The van der Waals surface area contributed by atoms with E-state index in [0.29, 0.717) is 6.29 Å². The SMILES string of the molecule is CC(C)(C)OC(=O)NCC(C)(C=O)S(C)(=O)=O. The first-order valence-electron chi connectivity index (χ1n) is 5.04. The maximum atomic E-state index is 11.4. The summed E-state index contributed by atoms with van der Waals surface area (Å²) < 4.78 is 26.0. The summed E-state index contributed by atoms with van der Waals surface area (Å²) in [6.07, 6.45) is 0.493. The number of amides is 1. The maximum Gasteiger partial charge on any atom is 0.407 e. The second kappa shape index (κ2) is 5.03. The van der Waals surface area contributed by atoms with E-state index < -0.39 is 26.3 Å². The number of carbonyl (C=O) groups excluding carboxylic acids is 2. The molecule has 0 saturated heterocycles. The standard InChI is InChI=1S/C10H19NO5S/c1-9(2,3)16-8(13)11-6-10(4,7-12)17(5,14)15/h7H,6H2,1-5H3,(H,11,13). The van der Waals surface area contributed by atoms with Gasteiger partial charge in [-0.3, -0.25) is 0 Å². The van der Waals surface area contributed by atoms with E-state index in [-0.39, 0.29) is 6.54 Å². The van der Waals surface area contributed by atoms with Crippen LogP contribution in [0.25, 0.3) is 0 Å². The fourth-order valence-corrected chi connectivity index (χ4v) is 1.33. The van der Waals surface area contributed by atoms with Gasteiger partial charge in [0.1, 0.15) is 16.6 Å². The Hall–Kier alpha value is -1.11. The van der Waals surface area contributed by atoms with Crippen molar-refractivity contribution < 1.29 is 22.7 Å². The van der Waals surface area contributed by atoms with Crippen LogP contribution < -0.4 is 5.32 Å². The molecule has 1 N–H and O–H groups in total. The quantitative estimate of drug-likeness (QED) is 0.748. The summed E-state index contributed by atoms with van der Waals surface area (Å²) in [4.78, 5) is 22.1. The number of hydrogen-bond donors (Lipinski definition) is 1. The Morgan fingerprint density at radius 3 is 2.06 bits per heavy atom. The van der Waals surface area contributed by atoms with Gasteiger partial charge >= 0.3 is 6.09 Å². The van der Waals surface area contributed by atoms with Crippen LogP contribution in [0, 0.1) is 0 Å². The number of aldehydes is 1. The summed E-state index contributed by atoms with van der Waals surface area (Å²) in [5, 5.41) is 2.27. The number of hydrogen-bond acceptors (Lipinski definition) is 5. The molecule has 0 bridgehead atoms. The van der Waals surface area contributed by atoms with E-state index in [4.69, 9.17) is 4.74 Å². The molecule has 100 valence electrons. The molecule has 0 heterocycles. The van der Waals surface area contributed by atoms with Crippen molar-refractivity contribution in [2.45, 2.75) is 38.0 Å². The van der Waals surface area contributed by atoms with Crippen LogP contribution in [0.3, 0.4) is 0 Å². The third-order valence-corrected chi connectivity index (χ3v) is 4.01. The third-order valence-electron chi connectivity index (χ3n) is 2.08. The van der Waals surface area contributed by atoms with Crippen molar-refractivity contribution in [3.05, 3.63) is 0 Å². The van der Waals surface area contributed by atoms with Crippen LogP contribution in [0.4, 0.5) is 4.79 Å². The van der Waals surface area contributed by atoms with E-state index in [2.05, 4.69) is 5.32 Å². The van der Waals surface area contributed by atoms with Crippen molar-refractivity contribution in [2.24, 2.45) is 0 Å². The Kier molecular flexibility index (Phi) is 4.70. The van der Waals surface area contributed by atoms with Gasteiger partial charge in [0, 0.05) is 12.8 Å². The van der Waals surface area contributed by atoms with Crippen LogP contribution >= 0.6 is 0 Å². The summed E-state index contributed by atoms with van der Waals surface area (Å²) in [6.45, 7) is 5.98. The molecule has 1 atom stereocenters. The lowest BCUT2D eigenvalue weighted by Gasteiger charge is -2.24. The predicted octanol–water partition coefficient (Wildman–Crippen LogP) is 0.513. The van der Waals surface area contributed by atoms with Crippen molar-refractivity contribution in [2.75, 3.05) is 12.8 Å². The summed E-state index contributed by atoms with van der Waals surface area (Å²) in [7, 11) is -3.59. The molecular formula is C10H19NO5S. The first-order valence-corrected chi connectivity index (χ1v) is 6.93. The summed E-state index contributed by atoms with van der Waals surface area (Å²) in [5.41, 5.74) is -0.674. The first-order chi connectivity index (χ1) is 7.41. The average Bonchev–Trinajstić information content (AvgIpc) is 2.09. The van der Waals surface area contributed by atoms with Crippen molar-refractivity contribution >= 4 is 22.2 Å². The fourth-order valence-electron chi connectivity index (χ4n) is 0.822. The molecule has 0 radical (unpaired) electrons. The Bertz CT molecular complexity index is 395. The second-order valence-electron chi connectivity index (χ2n) is 5.06. The monoisotopic (exact) mass is 265 g/mol. The Balaban J connectivity index is 4.57. The number of alkyl carbamates (subject to hydrolysis) is 1. The molecule has 0 aliphatic heterocycles. The topological polar surface area (TPSA) is 89.5 Å². The zero-order valence-corrected chi connectivity index (χ0v) is 11.6. The highest BCUT2D eigenvalue weighted by atomic mass is 32.2. The first kappa shape index (κ1) is 15.9. The van der Waals surface area contributed by atoms with Crippen LogP contribution in [0.1, 0.15) is 27.7 Å². The van der Waals surface area contributed by atoms with Gasteiger partial charge in [-0.15, -0.1) is 0 Å². The molecule has 0 aromatic rings. The molecule has 0 aliphatic carbocycles. The van der Waals surface area contributed by atoms with E-state index in [1.165, 1.54) is 6.92 Å². The van der Waals surface area contributed by atoms with E-state index in [0.717, 1.165) is 6.26 Å². The lowest BCUT2D eigenvalue weighted by Crippen LogP contribution is -2.48. The van der Waals surface area contributed by atoms with E-state index in [9.17, 15) is 18.0 Å². The Morgan fingerprint density at radius 2 is 1.76 bits per heavy atom. The van der Waals surface area contributed by atoms with Crippen LogP contribution in [-0.4, -0.2) is 43.9 Å². The van der Waals surface area contributed by atoms with Crippen LogP contribution in [0.5, 0.6) is 0 Å². The van der Waals surface area contributed by atoms with Gasteiger partial charge in [-0.2, -0.15) is 0 Å². The van der Waals surface area contributed by atoms with Gasteiger partial charge in [-0.25, -0.2) is 13.2 Å². The highest BCUT2D eigenvalue weighted by molar-refractivity contribution is 7.92. The van der Waals surface area contributed by atoms with Crippen molar-refractivity contribution in [1.82, 2.24) is 5.32 Å². The minimum Gasteiger partial charge on any atom is -0.444 e. The molecule has 0 aromatic heterocycles. The predicted molar refractivity (Wildman–Crippen MR) is 63.5 cm³/mol. The number of ether oxygens (including phenoxy) is 1. The molecule has 0 aliphatic rings. The lowest BCUT2D eigenvalue weighted by molar-refractivity contribution is -0.109. The van der Waals surface area contributed by atoms with E-state index in [1.54, 1.807) is 20.8 Å². The van der Waals surface area contributed by atoms with E-state index >= 15 is 0 Å². The second-order valence-corrected chi connectivity index (χ2v) is 7.54. The van der Waals surface area contributed by atoms with Crippen LogP contribution in [-0.2, 0) is 19.4 Å². The van der Waals surface area contributed by atoms with Gasteiger partial charge in [-0.05, 0) is 27.7 Å². The number of carbonyl (C=O) groups is 2. The molecular weight excluding hydrogens is 246 g/mol. The lowest BCUT2D eigenvalue weighted by atomic mass is 10.2. The molecule has 6 nitrogen and oxygen atoms in total. The molecule has 0 aromatic carbocycles. The summed E-state index contributed by atoms with van der Waals surface area (Å²) >= 11 is 0. The molecule has 0 rings (SSSR count). The Labute approximate surface area is 102 Å². The zero-order valence-electron chi connectivity index (χ0n) is 10.7. The van der Waals surface area contributed by atoms with Crippen molar-refractivity contribution in [3.63, 3.8) is 0 Å². The van der Waals surface area contributed by atoms with Crippen LogP contribution in [0.15, 0.2) is 0 Å². The highest BCUT2D eigenvalue weighted by Crippen LogP contribution is 2.12. The molecule has 1 amide bonds. The minimum atomic E-state index is -3.59. The van der Waals surface area contributed by atoms with Crippen molar-refractivity contribution in [1.29, 1.82) is 0 Å². The zero-order chi connectivity index (χ0) is 13.9.